The van der Waals surface area contributed by atoms with Crippen LogP contribution in [0.1, 0.15) is 50.5 Å². The lowest BCUT2D eigenvalue weighted by molar-refractivity contribution is 0.0519. The quantitative estimate of drug-likeness (QED) is 0.648. The molecule has 7 heteroatoms. The van der Waals surface area contributed by atoms with Crippen LogP contribution < -0.4 is 9.46 Å². The molecule has 5 nitrogen and oxygen atoms in total. The Morgan fingerprint density at radius 2 is 2.21 bits per heavy atom. The zero-order valence-corrected chi connectivity index (χ0v) is 15.5. The van der Waals surface area contributed by atoms with Gasteiger partial charge in [-0.2, -0.15) is 0 Å². The Hall–Kier alpha value is -1.31. The van der Waals surface area contributed by atoms with Crippen LogP contribution in [-0.4, -0.2) is 34.0 Å². The molecule has 0 fully saturated rings. The number of fused-ring (bicyclic) bond motifs is 1. The second-order valence-electron chi connectivity index (χ2n) is 6.81. The average molecular weight is 357 g/mol. The molecule has 1 N–H and O–H groups in total. The zero-order valence-electron chi connectivity index (χ0n) is 14.6. The minimum Gasteiger partial charge on any atom is -0.598 e. The van der Waals surface area contributed by atoms with Gasteiger partial charge in [0.05, 0.1) is 12.6 Å². The van der Waals surface area contributed by atoms with Gasteiger partial charge in [-0.3, -0.25) is 0 Å². The fourth-order valence-corrected chi connectivity index (χ4v) is 3.25. The number of carbonyl (C=O) groups excluding carboxylic acids is 1. The number of benzene rings is 1. The monoisotopic (exact) mass is 357 g/mol. The van der Waals surface area contributed by atoms with Crippen LogP contribution in [-0.2, 0) is 22.5 Å². The van der Waals surface area contributed by atoms with E-state index in [2.05, 4.69) is 4.72 Å². The number of rotatable bonds is 5. The molecule has 0 saturated heterocycles. The van der Waals surface area contributed by atoms with Crippen LogP contribution in [0.15, 0.2) is 12.1 Å². The van der Waals surface area contributed by atoms with Gasteiger partial charge in [-0.1, -0.05) is 0 Å². The molecule has 0 aromatic heterocycles. The lowest BCUT2D eigenvalue weighted by Crippen LogP contribution is -2.49. The van der Waals surface area contributed by atoms with Crippen LogP contribution >= 0.6 is 0 Å². The third-order valence-electron chi connectivity index (χ3n) is 3.72. The molecular formula is C17H24FNO4S. The smallest absolute Gasteiger partial charge is 0.342 e. The van der Waals surface area contributed by atoms with Gasteiger partial charge in [0.2, 0.25) is 0 Å². The fraction of sp³-hybridized carbons (Fsp3) is 0.588. The normalized spacial score (nSPS) is 19.4. The second kappa shape index (κ2) is 7.29. The molecule has 134 valence electrons. The molecule has 24 heavy (non-hydrogen) atoms. The predicted molar refractivity (Wildman–Crippen MR) is 91.0 cm³/mol. The van der Waals surface area contributed by atoms with Crippen LogP contribution in [0.3, 0.4) is 0 Å². The topological polar surface area (TPSA) is 70.6 Å². The van der Waals surface area contributed by atoms with E-state index < -0.39 is 27.9 Å². The Morgan fingerprint density at radius 3 is 2.79 bits per heavy atom. The first-order valence-corrected chi connectivity index (χ1v) is 9.12. The Labute approximate surface area is 145 Å². The van der Waals surface area contributed by atoms with Gasteiger partial charge in [0, 0.05) is 23.3 Å². The van der Waals surface area contributed by atoms with Gasteiger partial charge in [-0.25, -0.2) is 9.18 Å². The summed E-state index contributed by atoms with van der Waals surface area (Å²) in [6.45, 7) is 9.38. The largest absolute Gasteiger partial charge is 0.598 e. The third kappa shape index (κ3) is 4.20. The van der Waals surface area contributed by atoms with E-state index in [0.717, 1.165) is 6.07 Å². The maximum Gasteiger partial charge on any atom is 0.342 e. The van der Waals surface area contributed by atoms with Gasteiger partial charge in [-0.05, 0) is 46.8 Å². The maximum atomic E-state index is 13.8. The molecule has 0 aliphatic carbocycles. The first-order chi connectivity index (χ1) is 11.1. The van der Waals surface area contributed by atoms with Crippen LogP contribution in [0, 0.1) is 5.82 Å². The van der Waals surface area contributed by atoms with E-state index >= 15 is 0 Å². The molecule has 1 aliphatic rings. The molecular weight excluding hydrogens is 333 g/mol. The molecule has 0 bridgehead atoms. The van der Waals surface area contributed by atoms with E-state index in [-0.39, 0.29) is 24.3 Å². The molecule has 1 heterocycles. The summed E-state index contributed by atoms with van der Waals surface area (Å²) in [6.07, 6.45) is 0.107. The molecule has 1 aromatic rings. The zero-order chi connectivity index (χ0) is 18.1. The van der Waals surface area contributed by atoms with Crippen molar-refractivity contribution in [1.82, 2.24) is 4.72 Å². The summed E-state index contributed by atoms with van der Waals surface area (Å²) in [5.74, 6) is -0.747. The highest BCUT2D eigenvalue weighted by Gasteiger charge is 2.36. The minimum absolute atomic E-state index is 0.0958. The van der Waals surface area contributed by atoms with Crippen molar-refractivity contribution in [3.05, 3.63) is 29.1 Å². The first-order valence-electron chi connectivity index (χ1n) is 7.97. The number of halogens is 1. The van der Waals surface area contributed by atoms with Crippen molar-refractivity contribution in [2.75, 3.05) is 6.61 Å². The van der Waals surface area contributed by atoms with Crippen LogP contribution in [0.25, 0.3) is 0 Å². The summed E-state index contributed by atoms with van der Waals surface area (Å²) in [7, 11) is 0. The third-order valence-corrected chi connectivity index (χ3v) is 5.42. The van der Waals surface area contributed by atoms with Crippen molar-refractivity contribution < 1.29 is 23.2 Å². The molecule has 2 rings (SSSR count). The van der Waals surface area contributed by atoms with Crippen molar-refractivity contribution in [3.8, 4) is 5.75 Å². The molecule has 3 unspecified atom stereocenters. The number of ether oxygens (including phenoxy) is 2. The standard InChI is InChI=1S/C17H24FNO4S/c1-6-22-16(20)13-9-12(18)7-11-8-14(23-15(11)13)10(2)19-24(21)17(3,4)5/h7,9-10,14,19H,6,8H2,1-5H3. The summed E-state index contributed by atoms with van der Waals surface area (Å²) in [5.41, 5.74) is 0.719. The number of carbonyl (C=O) groups is 1. The summed E-state index contributed by atoms with van der Waals surface area (Å²) >= 11 is -1.25. The van der Waals surface area contributed by atoms with Crippen molar-refractivity contribution in [2.24, 2.45) is 0 Å². The van der Waals surface area contributed by atoms with Crippen molar-refractivity contribution >= 4 is 17.3 Å². The molecule has 0 amide bonds. The Morgan fingerprint density at radius 1 is 1.54 bits per heavy atom. The highest BCUT2D eigenvalue weighted by atomic mass is 32.2. The summed E-state index contributed by atoms with van der Waals surface area (Å²) in [6, 6.07) is 2.27. The number of hydrogen-bond donors (Lipinski definition) is 1. The van der Waals surface area contributed by atoms with Crippen LogP contribution in [0.5, 0.6) is 5.75 Å². The Bertz CT molecular complexity index is 617. The highest BCUT2D eigenvalue weighted by Crippen LogP contribution is 2.35. The molecule has 0 spiro atoms. The van der Waals surface area contributed by atoms with Gasteiger partial charge in [-0.15, -0.1) is 4.72 Å². The summed E-state index contributed by atoms with van der Waals surface area (Å²) < 4.78 is 39.5. The van der Waals surface area contributed by atoms with Crippen LogP contribution in [0.2, 0.25) is 0 Å². The SMILES string of the molecule is CCOC(=O)c1cc(F)cc2c1OC(C(C)N[S+]([O-])C(C)(C)C)C2. The van der Waals surface area contributed by atoms with Gasteiger partial charge in [0.25, 0.3) is 0 Å². The molecule has 0 radical (unpaired) electrons. The van der Waals surface area contributed by atoms with E-state index in [1.807, 2.05) is 27.7 Å². The van der Waals surface area contributed by atoms with Crippen LogP contribution in [0.4, 0.5) is 4.39 Å². The van der Waals surface area contributed by atoms with Gasteiger partial charge in [0.1, 0.15) is 28.0 Å². The lowest BCUT2D eigenvalue weighted by Gasteiger charge is -2.28. The predicted octanol–water partition coefficient (Wildman–Crippen LogP) is 2.75. The molecule has 1 aliphatic heterocycles. The minimum atomic E-state index is -1.25. The number of hydrogen-bond acceptors (Lipinski definition) is 5. The average Bonchev–Trinajstić information content (AvgIpc) is 2.89. The molecule has 3 atom stereocenters. The highest BCUT2D eigenvalue weighted by molar-refractivity contribution is 7.90. The van der Waals surface area contributed by atoms with E-state index in [1.165, 1.54) is 6.07 Å². The van der Waals surface area contributed by atoms with Gasteiger partial charge >= 0.3 is 5.97 Å². The summed E-state index contributed by atoms with van der Waals surface area (Å²) in [5, 5.41) is 0. The van der Waals surface area contributed by atoms with E-state index in [4.69, 9.17) is 9.47 Å². The molecule has 0 saturated carbocycles. The maximum absolute atomic E-state index is 13.8. The van der Waals surface area contributed by atoms with E-state index in [0.29, 0.717) is 17.7 Å². The second-order valence-corrected chi connectivity index (χ2v) is 8.81. The van der Waals surface area contributed by atoms with Crippen molar-refractivity contribution in [3.63, 3.8) is 0 Å². The van der Waals surface area contributed by atoms with Gasteiger partial charge in [0.15, 0.2) is 0 Å². The lowest BCUT2D eigenvalue weighted by atomic mass is 10.0. The van der Waals surface area contributed by atoms with Crippen molar-refractivity contribution in [1.29, 1.82) is 0 Å². The Balaban J connectivity index is 2.17. The molecule has 1 aromatic carbocycles. The Kier molecular flexibility index (Phi) is 5.78. The fourth-order valence-electron chi connectivity index (χ4n) is 2.41. The van der Waals surface area contributed by atoms with E-state index in [1.54, 1.807) is 6.92 Å². The van der Waals surface area contributed by atoms with E-state index in [9.17, 15) is 13.7 Å². The summed E-state index contributed by atoms with van der Waals surface area (Å²) in [4.78, 5) is 12.0. The number of esters is 1. The van der Waals surface area contributed by atoms with Crippen molar-refractivity contribution in [2.45, 2.75) is 57.9 Å². The first kappa shape index (κ1) is 19.0. The number of nitrogens with one attached hydrogen (secondary N) is 1. The van der Waals surface area contributed by atoms with Gasteiger partial charge < -0.3 is 14.0 Å².